The number of nitriles is 1. The summed E-state index contributed by atoms with van der Waals surface area (Å²) in [6, 6.07) is 2.98. The molecule has 102 valence electrons. The first-order chi connectivity index (χ1) is 8.64. The minimum atomic E-state index is -4.25. The Morgan fingerprint density at radius 1 is 1.53 bits per heavy atom. The van der Waals surface area contributed by atoms with E-state index in [0.29, 0.717) is 5.56 Å². The summed E-state index contributed by atoms with van der Waals surface area (Å²) in [5, 5.41) is 13.6. The van der Waals surface area contributed by atoms with Gasteiger partial charge in [0, 0.05) is 6.42 Å². The average molecular weight is 287 g/mol. The third-order valence-electron chi connectivity index (χ3n) is 3.02. The topological polar surface area (TPSA) is 96.0 Å². The summed E-state index contributed by atoms with van der Waals surface area (Å²) in [4.78, 5) is 0. The van der Waals surface area contributed by atoms with Crippen LogP contribution in [0, 0.1) is 18.3 Å². The van der Waals surface area contributed by atoms with E-state index in [1.807, 2.05) is 6.07 Å². The van der Waals surface area contributed by atoms with Crippen molar-refractivity contribution in [2.75, 3.05) is 0 Å². The van der Waals surface area contributed by atoms with Crippen LogP contribution in [0.25, 0.3) is 0 Å². The molecule has 1 atom stereocenters. The zero-order valence-corrected chi connectivity index (χ0v) is 10.8. The predicted octanol–water partition coefficient (Wildman–Crippen LogP) is 0.892. The van der Waals surface area contributed by atoms with Crippen LogP contribution in [0.1, 0.15) is 28.3 Å². The Labute approximate surface area is 109 Å². The van der Waals surface area contributed by atoms with E-state index in [1.54, 1.807) is 11.6 Å². The van der Waals surface area contributed by atoms with Gasteiger partial charge in [-0.25, -0.2) is 13.9 Å². The van der Waals surface area contributed by atoms with Gasteiger partial charge in [-0.2, -0.15) is 18.4 Å². The number of nitrogens with zero attached hydrogens (tertiary/aromatic N) is 1. The maximum Gasteiger partial charge on any atom is 0.275 e. The number of nitrogens with one attached hydrogen (secondary N) is 1. The fourth-order valence-electron chi connectivity index (χ4n) is 2.37. The van der Waals surface area contributed by atoms with Gasteiger partial charge in [0.1, 0.15) is 6.04 Å². The van der Waals surface area contributed by atoms with Crippen LogP contribution in [0.3, 0.4) is 0 Å². The molecule has 0 saturated carbocycles. The Morgan fingerprint density at radius 2 is 2.16 bits per heavy atom. The molecule has 19 heavy (non-hydrogen) atoms. The molecule has 0 fully saturated rings. The first kappa shape index (κ1) is 13.9. The lowest BCUT2D eigenvalue weighted by atomic mass is 9.99. The second kappa shape index (κ2) is 4.23. The Balaban J connectivity index is 2.57. The van der Waals surface area contributed by atoms with Crippen LogP contribution in [0.15, 0.2) is 12.1 Å². The summed E-state index contributed by atoms with van der Waals surface area (Å²) in [5.41, 5.74) is 1.16. The van der Waals surface area contributed by atoms with Gasteiger partial charge in [0.25, 0.3) is 16.1 Å². The number of fused-ring (bicyclic) bond motifs is 1. The molecular formula is C11H11F2N3O2S. The molecule has 1 aliphatic rings. The molecule has 2 rings (SSSR count). The highest BCUT2D eigenvalue weighted by Crippen LogP contribution is 2.45. The molecule has 1 aliphatic carbocycles. The van der Waals surface area contributed by atoms with Gasteiger partial charge >= 0.3 is 0 Å². The van der Waals surface area contributed by atoms with Crippen LogP contribution in [0.4, 0.5) is 8.78 Å². The van der Waals surface area contributed by atoms with E-state index >= 15 is 0 Å². The molecule has 8 heteroatoms. The monoisotopic (exact) mass is 287 g/mol. The van der Waals surface area contributed by atoms with Crippen molar-refractivity contribution in [1.29, 1.82) is 5.26 Å². The minimum Gasteiger partial charge on any atom is -0.216 e. The second-order valence-corrected chi connectivity index (χ2v) is 5.84. The molecule has 3 N–H and O–H groups in total. The number of hydrogen-bond donors (Lipinski definition) is 2. The van der Waals surface area contributed by atoms with Crippen LogP contribution in [-0.2, 0) is 16.6 Å². The number of aryl methyl sites for hydroxylation is 1. The number of halogens is 2. The number of nitrogens with two attached hydrogens (primary N) is 1. The summed E-state index contributed by atoms with van der Waals surface area (Å²) in [6.07, 6.45) is -0.619. The number of rotatable bonds is 2. The number of hydrogen-bond acceptors (Lipinski definition) is 3. The third-order valence-corrected chi connectivity index (χ3v) is 3.59. The van der Waals surface area contributed by atoms with Crippen molar-refractivity contribution in [2.45, 2.75) is 25.3 Å². The molecule has 0 amide bonds. The van der Waals surface area contributed by atoms with Crippen molar-refractivity contribution in [2.24, 2.45) is 5.14 Å². The van der Waals surface area contributed by atoms with Crippen molar-refractivity contribution in [3.8, 4) is 6.07 Å². The summed E-state index contributed by atoms with van der Waals surface area (Å²) in [5.74, 6) is -3.27. The molecule has 0 bridgehead atoms. The van der Waals surface area contributed by atoms with E-state index in [4.69, 9.17) is 10.4 Å². The lowest BCUT2D eigenvalue weighted by Gasteiger charge is -2.20. The highest BCUT2D eigenvalue weighted by atomic mass is 32.2. The Morgan fingerprint density at radius 3 is 2.68 bits per heavy atom. The van der Waals surface area contributed by atoms with Gasteiger partial charge in [0.05, 0.1) is 11.6 Å². The van der Waals surface area contributed by atoms with Crippen LogP contribution < -0.4 is 9.86 Å². The fourth-order valence-corrected chi connectivity index (χ4v) is 2.99. The van der Waals surface area contributed by atoms with E-state index in [1.165, 1.54) is 12.1 Å². The zero-order valence-electron chi connectivity index (χ0n) is 9.94. The maximum atomic E-state index is 13.9. The van der Waals surface area contributed by atoms with Crippen molar-refractivity contribution in [3.63, 3.8) is 0 Å². The first-order valence-electron chi connectivity index (χ1n) is 5.35. The molecule has 0 saturated heterocycles. The lowest BCUT2D eigenvalue weighted by molar-refractivity contribution is -0.0188. The first-order valence-corrected chi connectivity index (χ1v) is 6.90. The Kier molecular flexibility index (Phi) is 3.09. The van der Waals surface area contributed by atoms with Crippen molar-refractivity contribution in [3.05, 3.63) is 34.4 Å². The van der Waals surface area contributed by atoms with Crippen molar-refractivity contribution >= 4 is 10.2 Å². The van der Waals surface area contributed by atoms with E-state index in [9.17, 15) is 17.2 Å². The predicted molar refractivity (Wildman–Crippen MR) is 63.5 cm³/mol. The number of benzene rings is 1. The van der Waals surface area contributed by atoms with Gasteiger partial charge in [0.2, 0.25) is 0 Å². The lowest BCUT2D eigenvalue weighted by Crippen LogP contribution is -2.41. The van der Waals surface area contributed by atoms with Gasteiger partial charge in [0.15, 0.2) is 0 Å². The quantitative estimate of drug-likeness (QED) is 0.845. The van der Waals surface area contributed by atoms with Crippen LogP contribution >= 0.6 is 0 Å². The standard InChI is InChI=1S/C11H11F2N3O2S/c1-6-2-7(5-14)3-8-4-11(12,13)10(9(6)8)16-19(15,17)18/h2-3,10,16H,4H2,1H3,(H2,15,17,18)/t10-/m0/s1. The van der Waals surface area contributed by atoms with Crippen molar-refractivity contribution in [1.82, 2.24) is 4.72 Å². The van der Waals surface area contributed by atoms with Crippen LogP contribution in [-0.4, -0.2) is 14.3 Å². The van der Waals surface area contributed by atoms with E-state index in [2.05, 4.69) is 0 Å². The largest absolute Gasteiger partial charge is 0.275 e. The van der Waals surface area contributed by atoms with Gasteiger partial charge in [-0.1, -0.05) is 0 Å². The molecule has 5 nitrogen and oxygen atoms in total. The summed E-state index contributed by atoms with van der Waals surface area (Å²) in [6.45, 7) is 1.55. The molecule has 1 aromatic carbocycles. The molecule has 0 heterocycles. The van der Waals surface area contributed by atoms with Crippen LogP contribution in [0.2, 0.25) is 0 Å². The number of alkyl halides is 2. The molecule has 0 radical (unpaired) electrons. The Bertz CT molecular complexity index is 680. The SMILES string of the molecule is Cc1cc(C#N)cc2c1[C@H](NS(N)(=O)=O)C(F)(F)C2. The van der Waals surface area contributed by atoms with E-state index in [-0.39, 0.29) is 16.7 Å². The summed E-state index contributed by atoms with van der Waals surface area (Å²) < 4.78 is 51.5. The molecule has 0 unspecified atom stereocenters. The van der Waals surface area contributed by atoms with Gasteiger partial charge in [-0.3, -0.25) is 0 Å². The minimum absolute atomic E-state index is 0.193. The van der Waals surface area contributed by atoms with Gasteiger partial charge in [-0.05, 0) is 35.7 Å². The molecule has 0 aliphatic heterocycles. The molecule has 1 aromatic rings. The molecule has 0 aromatic heterocycles. The summed E-state index contributed by atoms with van der Waals surface area (Å²) >= 11 is 0. The van der Waals surface area contributed by atoms with Gasteiger partial charge < -0.3 is 0 Å². The highest BCUT2D eigenvalue weighted by Gasteiger charge is 2.49. The highest BCUT2D eigenvalue weighted by molar-refractivity contribution is 7.87. The van der Waals surface area contributed by atoms with Crippen molar-refractivity contribution < 1.29 is 17.2 Å². The molecular weight excluding hydrogens is 276 g/mol. The third kappa shape index (κ3) is 2.58. The van der Waals surface area contributed by atoms with E-state index in [0.717, 1.165) is 0 Å². The van der Waals surface area contributed by atoms with Crippen LogP contribution in [0.5, 0.6) is 0 Å². The zero-order chi connectivity index (χ0) is 14.4. The maximum absolute atomic E-state index is 13.9. The van der Waals surface area contributed by atoms with Gasteiger partial charge in [-0.15, -0.1) is 0 Å². The van der Waals surface area contributed by atoms with E-state index < -0.39 is 28.6 Å². The Hall–Kier alpha value is -1.56. The smallest absolute Gasteiger partial charge is 0.216 e. The average Bonchev–Trinajstić information content (AvgIpc) is 2.47. The fraction of sp³-hybridized carbons (Fsp3) is 0.364. The molecule has 0 spiro atoms. The second-order valence-electron chi connectivity index (χ2n) is 4.51. The normalized spacial score (nSPS) is 20.9. The summed E-state index contributed by atoms with van der Waals surface area (Å²) in [7, 11) is -4.25.